The summed E-state index contributed by atoms with van der Waals surface area (Å²) in [5.74, 6) is 0. The second-order valence-corrected chi connectivity index (χ2v) is 12.6. The van der Waals surface area contributed by atoms with Crippen LogP contribution in [0.25, 0.3) is 64.7 Å². The molecule has 0 radical (unpaired) electrons. The van der Waals surface area contributed by atoms with E-state index in [1.807, 2.05) is 17.4 Å². The summed E-state index contributed by atoms with van der Waals surface area (Å²) in [4.78, 5) is 2.39. The quantitative estimate of drug-likeness (QED) is 0.193. The van der Waals surface area contributed by atoms with Crippen molar-refractivity contribution in [2.75, 3.05) is 4.90 Å². The number of hydrogen-bond donors (Lipinski definition) is 0. The standard InChI is InChI=1S/C42H28N2S/c1-2-10-34-36-26-32(21-23-39(36)44-38-15-8-6-13-30(38)25-40(34)44)43(31-19-17-29(18-20-31)28-11-4-3-5-12-28)33-22-24-42-37(27-33)35-14-7-9-16-41(35)45-42/h2-27H,1H2. The van der Waals surface area contributed by atoms with Crippen LogP contribution in [0.2, 0.25) is 0 Å². The van der Waals surface area contributed by atoms with E-state index in [0.717, 1.165) is 17.1 Å². The molecule has 3 aromatic heterocycles. The number of para-hydroxylation sites is 1. The van der Waals surface area contributed by atoms with Crippen LogP contribution < -0.4 is 10.1 Å². The Labute approximate surface area is 265 Å². The van der Waals surface area contributed by atoms with Crippen molar-refractivity contribution in [3.8, 4) is 11.1 Å². The highest BCUT2D eigenvalue weighted by Crippen LogP contribution is 2.41. The molecule has 0 aliphatic carbocycles. The summed E-state index contributed by atoms with van der Waals surface area (Å²) in [6, 6.07) is 52.9. The zero-order valence-electron chi connectivity index (χ0n) is 24.5. The minimum Gasteiger partial charge on any atom is -0.310 e. The first-order chi connectivity index (χ1) is 22.3. The molecular formula is C42H28N2S. The van der Waals surface area contributed by atoms with Gasteiger partial charge in [-0.15, -0.1) is 11.3 Å². The maximum atomic E-state index is 4.06. The number of fused-ring (bicyclic) bond motifs is 8. The van der Waals surface area contributed by atoms with Crippen molar-refractivity contribution in [2.24, 2.45) is 0 Å². The summed E-state index contributed by atoms with van der Waals surface area (Å²) in [6.07, 6.45) is 4.04. The molecule has 0 N–H and O–H groups in total. The Balaban J connectivity index is 1.28. The summed E-state index contributed by atoms with van der Waals surface area (Å²) >= 11 is 1.85. The molecule has 3 heterocycles. The van der Waals surface area contributed by atoms with Gasteiger partial charge in [-0.25, -0.2) is 0 Å². The Hall–Kier alpha value is -5.64. The van der Waals surface area contributed by atoms with Gasteiger partial charge in [0.2, 0.25) is 0 Å². The predicted octanol–water partition coefficient (Wildman–Crippen LogP) is 11.4. The minimum atomic E-state index is 1.12. The van der Waals surface area contributed by atoms with E-state index < -0.39 is 0 Å². The van der Waals surface area contributed by atoms with Crippen molar-refractivity contribution >= 4 is 82.0 Å². The third kappa shape index (κ3) is 4.09. The van der Waals surface area contributed by atoms with Gasteiger partial charge in [0.1, 0.15) is 0 Å². The van der Waals surface area contributed by atoms with Crippen LogP contribution >= 0.6 is 11.3 Å². The number of rotatable bonds is 5. The van der Waals surface area contributed by atoms with Crippen molar-refractivity contribution < 1.29 is 0 Å². The maximum absolute atomic E-state index is 4.06. The topological polar surface area (TPSA) is 7.65 Å². The fourth-order valence-corrected chi connectivity index (χ4v) is 7.94. The third-order valence-electron chi connectivity index (χ3n) is 8.89. The number of hydrogen-bond acceptors (Lipinski definition) is 2. The van der Waals surface area contributed by atoms with Crippen LogP contribution in [0.5, 0.6) is 0 Å². The first-order valence-corrected chi connectivity index (χ1v) is 16.0. The van der Waals surface area contributed by atoms with Gasteiger partial charge in [0.05, 0.1) is 16.6 Å². The fraction of sp³-hybridized carbons (Fsp3) is 0. The van der Waals surface area contributed by atoms with Gasteiger partial charge in [0, 0.05) is 53.2 Å². The average Bonchev–Trinajstić information content (AvgIpc) is 3.75. The molecule has 0 amide bonds. The zero-order valence-corrected chi connectivity index (χ0v) is 25.3. The molecule has 2 nitrogen and oxygen atoms in total. The van der Waals surface area contributed by atoms with Crippen molar-refractivity contribution in [1.82, 2.24) is 4.40 Å². The van der Waals surface area contributed by atoms with E-state index in [-0.39, 0.29) is 0 Å². The summed E-state index contributed by atoms with van der Waals surface area (Å²) in [5, 5.41) is 6.23. The van der Waals surface area contributed by atoms with Crippen LogP contribution in [-0.4, -0.2) is 4.40 Å². The molecule has 0 atom stereocenters. The molecule has 0 aliphatic rings. The van der Waals surface area contributed by atoms with Gasteiger partial charge in [0.25, 0.3) is 0 Å². The zero-order chi connectivity index (χ0) is 29.9. The van der Waals surface area contributed by atoms with Crippen LogP contribution in [0.15, 0.2) is 158 Å². The summed E-state index contributed by atoms with van der Waals surface area (Å²) in [7, 11) is 0. The first kappa shape index (κ1) is 25.8. The first-order valence-electron chi connectivity index (χ1n) is 15.2. The summed E-state index contributed by atoms with van der Waals surface area (Å²) in [5.41, 5.74) is 9.40. The molecular weight excluding hydrogens is 565 g/mol. The molecule has 0 bridgehead atoms. The third-order valence-corrected chi connectivity index (χ3v) is 10.0. The Morgan fingerprint density at radius 1 is 0.511 bits per heavy atom. The highest BCUT2D eigenvalue weighted by atomic mass is 32.1. The number of nitrogens with zero attached hydrogens (tertiary/aromatic N) is 2. The van der Waals surface area contributed by atoms with Gasteiger partial charge in [0.15, 0.2) is 0 Å². The molecule has 6 aromatic carbocycles. The molecule has 45 heavy (non-hydrogen) atoms. The highest BCUT2D eigenvalue weighted by molar-refractivity contribution is 7.25. The Bertz CT molecular complexity index is 2610. The lowest BCUT2D eigenvalue weighted by molar-refractivity contribution is 1.29. The van der Waals surface area contributed by atoms with Crippen LogP contribution in [0.3, 0.4) is 0 Å². The van der Waals surface area contributed by atoms with Gasteiger partial charge >= 0.3 is 0 Å². The Kier molecular flexibility index (Phi) is 5.87. The maximum Gasteiger partial charge on any atom is 0.0548 e. The van der Waals surface area contributed by atoms with E-state index >= 15 is 0 Å². The van der Waals surface area contributed by atoms with Crippen molar-refractivity contribution in [1.29, 1.82) is 0 Å². The molecule has 3 heteroatoms. The predicted molar refractivity (Wildman–Crippen MR) is 195 cm³/mol. The Morgan fingerprint density at radius 3 is 2.02 bits per heavy atom. The van der Waals surface area contributed by atoms with Gasteiger partial charge in [-0.2, -0.15) is 0 Å². The number of anilines is 3. The van der Waals surface area contributed by atoms with Crippen molar-refractivity contribution in [3.63, 3.8) is 0 Å². The lowest BCUT2D eigenvalue weighted by Crippen LogP contribution is -2.10. The molecule has 0 saturated carbocycles. The fourth-order valence-electron chi connectivity index (χ4n) is 6.85. The molecule has 0 spiro atoms. The number of thiophene rings is 1. The second-order valence-electron chi connectivity index (χ2n) is 11.5. The lowest BCUT2D eigenvalue weighted by Gasteiger charge is -2.26. The number of aromatic nitrogens is 1. The summed E-state index contributed by atoms with van der Waals surface area (Å²) in [6.45, 7) is 4.06. The van der Waals surface area contributed by atoms with Gasteiger partial charge in [-0.3, -0.25) is 0 Å². The van der Waals surface area contributed by atoms with Crippen molar-refractivity contribution in [2.45, 2.75) is 0 Å². The van der Waals surface area contributed by atoms with Crippen LogP contribution in [0.4, 0.5) is 17.1 Å². The normalized spacial score (nSPS) is 12.2. The molecule has 212 valence electrons. The van der Waals surface area contributed by atoms with E-state index in [0.29, 0.717) is 0 Å². The van der Waals surface area contributed by atoms with E-state index in [1.165, 1.54) is 63.8 Å². The van der Waals surface area contributed by atoms with Crippen LogP contribution in [-0.2, 0) is 0 Å². The number of allylic oxidation sites excluding steroid dienone is 1. The van der Waals surface area contributed by atoms with E-state index in [4.69, 9.17) is 0 Å². The summed E-state index contributed by atoms with van der Waals surface area (Å²) < 4.78 is 5.00. The van der Waals surface area contributed by atoms with E-state index in [1.54, 1.807) is 0 Å². The van der Waals surface area contributed by atoms with E-state index in [9.17, 15) is 0 Å². The lowest BCUT2D eigenvalue weighted by atomic mass is 10.0. The molecule has 0 unspecified atom stereocenters. The largest absolute Gasteiger partial charge is 0.310 e. The molecule has 0 fully saturated rings. The molecule has 9 rings (SSSR count). The smallest absolute Gasteiger partial charge is 0.0548 e. The minimum absolute atomic E-state index is 1.12. The van der Waals surface area contributed by atoms with Crippen LogP contribution in [0.1, 0.15) is 0 Å². The van der Waals surface area contributed by atoms with Gasteiger partial charge in [-0.1, -0.05) is 97.6 Å². The van der Waals surface area contributed by atoms with Crippen LogP contribution in [0, 0.1) is 0 Å². The van der Waals surface area contributed by atoms with Crippen molar-refractivity contribution in [3.05, 3.63) is 163 Å². The Morgan fingerprint density at radius 2 is 1.18 bits per heavy atom. The van der Waals surface area contributed by atoms with Gasteiger partial charge < -0.3 is 9.30 Å². The monoisotopic (exact) mass is 592 g/mol. The SMILES string of the molecule is C=CC=c1c2cc(N(c3ccc(-c4ccccc4)cc3)c3ccc4sc5ccccc5c4c3)ccc2n2c1cc1ccccc12. The second kappa shape index (κ2) is 10.2. The average molecular weight is 593 g/mol. The number of benzene rings is 6. The highest BCUT2D eigenvalue weighted by Gasteiger charge is 2.18. The van der Waals surface area contributed by atoms with Gasteiger partial charge in [-0.05, 0) is 77.9 Å². The molecule has 0 aliphatic heterocycles. The van der Waals surface area contributed by atoms with E-state index in [2.05, 4.69) is 168 Å². The molecule has 9 aromatic rings. The molecule has 0 saturated heterocycles.